The number of morpholine rings is 1. The number of sulfonamides is 1. The van der Waals surface area contributed by atoms with Gasteiger partial charge in [0.05, 0.1) is 17.6 Å². The second-order valence-electron chi connectivity index (χ2n) is 5.07. The first-order valence-corrected chi connectivity index (χ1v) is 8.50. The fourth-order valence-electron chi connectivity index (χ4n) is 2.22. The van der Waals surface area contributed by atoms with Gasteiger partial charge in [0.1, 0.15) is 0 Å². The van der Waals surface area contributed by atoms with Gasteiger partial charge in [-0.1, -0.05) is 12.1 Å². The van der Waals surface area contributed by atoms with Crippen LogP contribution in [-0.4, -0.2) is 51.0 Å². The molecule has 22 heavy (non-hydrogen) atoms. The predicted octanol–water partition coefficient (Wildman–Crippen LogP) is 1.01. The van der Waals surface area contributed by atoms with Gasteiger partial charge in [-0.2, -0.15) is 4.31 Å². The Bertz CT molecular complexity index is 657. The molecule has 1 atom stereocenters. The van der Waals surface area contributed by atoms with E-state index in [2.05, 4.69) is 11.9 Å². The van der Waals surface area contributed by atoms with Crippen LogP contribution in [0.3, 0.4) is 0 Å². The molecular weight excluding hydrogens is 304 g/mol. The smallest absolute Gasteiger partial charge is 0.251 e. The van der Waals surface area contributed by atoms with Gasteiger partial charge >= 0.3 is 0 Å². The highest BCUT2D eigenvalue weighted by Crippen LogP contribution is 2.19. The number of ether oxygens (including phenoxy) is 1. The fourth-order valence-corrected chi connectivity index (χ4v) is 3.76. The standard InChI is InChI=1S/C15H20N2O4S/c1-3-7-16-15(18)13-5-4-6-14(10-13)22(19,20)17-8-9-21-12(2)11-17/h3-6,10,12H,1,7-9,11H2,2H3,(H,16,18). The molecule has 0 aliphatic carbocycles. The third-order valence-corrected chi connectivity index (χ3v) is 5.21. The number of benzene rings is 1. The number of hydrogen-bond acceptors (Lipinski definition) is 4. The number of nitrogens with zero attached hydrogens (tertiary/aromatic N) is 1. The highest BCUT2D eigenvalue weighted by molar-refractivity contribution is 7.89. The van der Waals surface area contributed by atoms with Crippen molar-refractivity contribution in [3.8, 4) is 0 Å². The summed E-state index contributed by atoms with van der Waals surface area (Å²) in [6.07, 6.45) is 1.43. The summed E-state index contributed by atoms with van der Waals surface area (Å²) in [4.78, 5) is 12.0. The van der Waals surface area contributed by atoms with Crippen LogP contribution >= 0.6 is 0 Å². The highest BCUT2D eigenvalue weighted by atomic mass is 32.2. The van der Waals surface area contributed by atoms with Crippen LogP contribution in [0.25, 0.3) is 0 Å². The molecule has 6 nitrogen and oxygen atoms in total. The van der Waals surface area contributed by atoms with Crippen LogP contribution in [0.1, 0.15) is 17.3 Å². The summed E-state index contributed by atoms with van der Waals surface area (Å²) in [5.74, 6) is -0.327. The number of amides is 1. The molecule has 1 saturated heterocycles. The van der Waals surface area contributed by atoms with Crippen LogP contribution in [0.15, 0.2) is 41.8 Å². The molecule has 0 bridgehead atoms. The van der Waals surface area contributed by atoms with Crippen molar-refractivity contribution < 1.29 is 17.9 Å². The summed E-state index contributed by atoms with van der Waals surface area (Å²) >= 11 is 0. The van der Waals surface area contributed by atoms with Crippen molar-refractivity contribution in [3.05, 3.63) is 42.5 Å². The topological polar surface area (TPSA) is 75.7 Å². The quantitative estimate of drug-likeness (QED) is 0.820. The van der Waals surface area contributed by atoms with Crippen molar-refractivity contribution in [1.29, 1.82) is 0 Å². The summed E-state index contributed by atoms with van der Waals surface area (Å²) in [5.41, 5.74) is 0.309. The number of carbonyl (C=O) groups excluding carboxylic acids is 1. The summed E-state index contributed by atoms with van der Waals surface area (Å²) in [5, 5.41) is 2.63. The molecule has 0 aromatic heterocycles. The van der Waals surface area contributed by atoms with Crippen LogP contribution in [-0.2, 0) is 14.8 Å². The minimum Gasteiger partial charge on any atom is -0.376 e. The number of hydrogen-bond donors (Lipinski definition) is 1. The highest BCUT2D eigenvalue weighted by Gasteiger charge is 2.29. The first-order chi connectivity index (χ1) is 10.4. The maximum atomic E-state index is 12.6. The van der Waals surface area contributed by atoms with Crippen LogP contribution in [0.2, 0.25) is 0 Å². The Kier molecular flexibility index (Phi) is 5.33. The molecule has 0 radical (unpaired) electrons. The molecule has 1 amide bonds. The van der Waals surface area contributed by atoms with E-state index in [4.69, 9.17) is 4.74 Å². The molecule has 1 N–H and O–H groups in total. The van der Waals surface area contributed by atoms with Gasteiger partial charge in [-0.05, 0) is 25.1 Å². The zero-order chi connectivity index (χ0) is 16.2. The zero-order valence-corrected chi connectivity index (χ0v) is 13.3. The van der Waals surface area contributed by atoms with Crippen LogP contribution in [0.5, 0.6) is 0 Å². The average molecular weight is 324 g/mol. The minimum absolute atomic E-state index is 0.118. The number of nitrogens with one attached hydrogen (secondary N) is 1. The lowest BCUT2D eigenvalue weighted by Crippen LogP contribution is -2.44. The summed E-state index contributed by atoms with van der Waals surface area (Å²) < 4.78 is 32.0. The molecule has 0 spiro atoms. The van der Waals surface area contributed by atoms with Crippen molar-refractivity contribution in [2.75, 3.05) is 26.2 Å². The summed E-state index contributed by atoms with van der Waals surface area (Å²) in [7, 11) is -3.62. The molecular formula is C15H20N2O4S. The predicted molar refractivity (Wildman–Crippen MR) is 83.1 cm³/mol. The Morgan fingerprint density at radius 3 is 3.00 bits per heavy atom. The van der Waals surface area contributed by atoms with E-state index in [0.29, 0.717) is 31.8 Å². The molecule has 1 aromatic rings. The van der Waals surface area contributed by atoms with Gasteiger partial charge in [-0.25, -0.2) is 8.42 Å². The summed E-state index contributed by atoms with van der Waals surface area (Å²) in [6, 6.07) is 6.05. The Labute approximate surface area is 130 Å². The molecule has 2 rings (SSSR count). The molecule has 7 heteroatoms. The molecule has 1 unspecified atom stereocenters. The molecule has 1 aliphatic heterocycles. The normalized spacial score (nSPS) is 19.6. The second-order valence-corrected chi connectivity index (χ2v) is 7.01. The average Bonchev–Trinajstić information content (AvgIpc) is 2.52. The summed E-state index contributed by atoms with van der Waals surface area (Å²) in [6.45, 7) is 6.70. The van der Waals surface area contributed by atoms with Gasteiger partial charge in [-0.3, -0.25) is 4.79 Å². The van der Waals surface area contributed by atoms with Gasteiger partial charge < -0.3 is 10.1 Å². The van der Waals surface area contributed by atoms with E-state index < -0.39 is 10.0 Å². The van der Waals surface area contributed by atoms with Gasteiger partial charge in [-0.15, -0.1) is 6.58 Å². The zero-order valence-electron chi connectivity index (χ0n) is 12.5. The van der Waals surface area contributed by atoms with E-state index in [0.717, 1.165) is 0 Å². The van der Waals surface area contributed by atoms with Crippen LogP contribution in [0, 0.1) is 0 Å². The van der Waals surface area contributed by atoms with E-state index in [-0.39, 0.29) is 16.9 Å². The van der Waals surface area contributed by atoms with Crippen molar-refractivity contribution in [1.82, 2.24) is 9.62 Å². The number of rotatable bonds is 5. The Hall–Kier alpha value is -1.70. The van der Waals surface area contributed by atoms with Crippen molar-refractivity contribution in [2.45, 2.75) is 17.9 Å². The van der Waals surface area contributed by atoms with E-state index in [1.54, 1.807) is 18.2 Å². The molecule has 0 saturated carbocycles. The van der Waals surface area contributed by atoms with E-state index in [9.17, 15) is 13.2 Å². The van der Waals surface area contributed by atoms with Gasteiger partial charge in [0.25, 0.3) is 5.91 Å². The Balaban J connectivity index is 2.24. The maximum Gasteiger partial charge on any atom is 0.251 e. The SMILES string of the molecule is C=CCNC(=O)c1cccc(S(=O)(=O)N2CCOC(C)C2)c1. The fraction of sp³-hybridized carbons (Fsp3) is 0.400. The maximum absolute atomic E-state index is 12.6. The van der Waals surface area contributed by atoms with E-state index >= 15 is 0 Å². The first-order valence-electron chi connectivity index (χ1n) is 7.06. The lowest BCUT2D eigenvalue weighted by Gasteiger charge is -2.30. The Morgan fingerprint density at radius 1 is 1.55 bits per heavy atom. The minimum atomic E-state index is -3.62. The molecule has 1 aliphatic rings. The van der Waals surface area contributed by atoms with E-state index in [1.807, 2.05) is 6.92 Å². The molecule has 1 fully saturated rings. The second kappa shape index (κ2) is 7.04. The van der Waals surface area contributed by atoms with Gasteiger partial charge in [0, 0.05) is 25.2 Å². The third kappa shape index (κ3) is 3.73. The first kappa shape index (κ1) is 16.7. The molecule has 1 heterocycles. The van der Waals surface area contributed by atoms with Gasteiger partial charge in [0.2, 0.25) is 10.0 Å². The molecule has 1 aromatic carbocycles. The lowest BCUT2D eigenvalue weighted by atomic mass is 10.2. The lowest BCUT2D eigenvalue weighted by molar-refractivity contribution is 0.0102. The van der Waals surface area contributed by atoms with Gasteiger partial charge in [0.15, 0.2) is 0 Å². The molecule has 120 valence electrons. The van der Waals surface area contributed by atoms with Crippen LogP contribution < -0.4 is 5.32 Å². The van der Waals surface area contributed by atoms with Crippen molar-refractivity contribution in [2.24, 2.45) is 0 Å². The number of carbonyl (C=O) groups is 1. The van der Waals surface area contributed by atoms with Crippen LogP contribution in [0.4, 0.5) is 0 Å². The monoisotopic (exact) mass is 324 g/mol. The third-order valence-electron chi connectivity index (χ3n) is 3.34. The Morgan fingerprint density at radius 2 is 2.32 bits per heavy atom. The van der Waals surface area contributed by atoms with E-state index in [1.165, 1.54) is 16.4 Å². The largest absolute Gasteiger partial charge is 0.376 e. The van der Waals surface area contributed by atoms with Crippen molar-refractivity contribution in [3.63, 3.8) is 0 Å². The van der Waals surface area contributed by atoms with Crippen molar-refractivity contribution >= 4 is 15.9 Å².